The molecule has 2 aromatic carbocycles. The molecule has 1 fully saturated rings. The zero-order valence-corrected chi connectivity index (χ0v) is 16.0. The van der Waals surface area contributed by atoms with Gasteiger partial charge in [-0.2, -0.15) is 0 Å². The highest BCUT2D eigenvalue weighted by molar-refractivity contribution is 6.33. The zero-order chi connectivity index (χ0) is 20.1. The average molecular weight is 407 g/mol. The number of morpholine rings is 1. The fourth-order valence-corrected chi connectivity index (χ4v) is 3.00. The second-order valence-corrected chi connectivity index (χ2v) is 6.71. The molecular formula is C20H20ClFN2O4. The fraction of sp³-hybridized carbons (Fsp3) is 0.300. The van der Waals surface area contributed by atoms with Crippen molar-refractivity contribution in [3.05, 3.63) is 58.9 Å². The molecule has 1 heterocycles. The van der Waals surface area contributed by atoms with Crippen LogP contribution in [0.3, 0.4) is 0 Å². The van der Waals surface area contributed by atoms with Crippen molar-refractivity contribution in [2.45, 2.75) is 13.0 Å². The van der Waals surface area contributed by atoms with Crippen molar-refractivity contribution in [2.24, 2.45) is 0 Å². The van der Waals surface area contributed by atoms with Gasteiger partial charge < -0.3 is 19.7 Å². The van der Waals surface area contributed by atoms with Gasteiger partial charge in [0, 0.05) is 24.5 Å². The van der Waals surface area contributed by atoms with E-state index in [0.29, 0.717) is 18.9 Å². The highest BCUT2D eigenvalue weighted by Gasteiger charge is 2.21. The molecule has 3 rings (SSSR count). The molecule has 0 spiro atoms. The maximum absolute atomic E-state index is 13.1. The molecular weight excluding hydrogens is 387 g/mol. The van der Waals surface area contributed by atoms with Gasteiger partial charge in [-0.3, -0.25) is 4.79 Å². The van der Waals surface area contributed by atoms with Crippen LogP contribution in [0.15, 0.2) is 42.5 Å². The molecule has 0 radical (unpaired) electrons. The van der Waals surface area contributed by atoms with Gasteiger partial charge in [-0.05, 0) is 49.4 Å². The third-order valence-corrected chi connectivity index (χ3v) is 4.63. The van der Waals surface area contributed by atoms with Crippen LogP contribution in [0.5, 0.6) is 0 Å². The summed E-state index contributed by atoms with van der Waals surface area (Å²) in [4.78, 5) is 26.6. The molecule has 0 saturated carbocycles. The number of hydrogen-bond donors (Lipinski definition) is 1. The van der Waals surface area contributed by atoms with Crippen LogP contribution >= 0.6 is 11.6 Å². The zero-order valence-electron chi connectivity index (χ0n) is 15.3. The maximum Gasteiger partial charge on any atom is 0.340 e. The number of hydrogen-bond acceptors (Lipinski definition) is 5. The summed E-state index contributed by atoms with van der Waals surface area (Å²) in [6, 6.07) is 10.7. The van der Waals surface area contributed by atoms with Crippen LogP contribution < -0.4 is 10.2 Å². The number of rotatable bonds is 5. The first kappa shape index (κ1) is 20.1. The van der Waals surface area contributed by atoms with E-state index in [0.717, 1.165) is 30.9 Å². The molecule has 6 nitrogen and oxygen atoms in total. The summed E-state index contributed by atoms with van der Waals surface area (Å²) >= 11 is 5.84. The number of carbonyl (C=O) groups is 2. The Hall–Kier alpha value is -2.64. The molecule has 148 valence electrons. The highest BCUT2D eigenvalue weighted by Crippen LogP contribution is 2.21. The first-order valence-electron chi connectivity index (χ1n) is 8.83. The standard InChI is InChI=1S/C20H20ClFN2O4/c1-13(28-20(26)17-7-2-14(22)12-18(17)21)19(25)23-15-3-5-16(6-4-15)24-8-10-27-11-9-24/h2-7,12-13H,8-11H2,1H3,(H,23,25). The number of nitrogens with zero attached hydrogens (tertiary/aromatic N) is 1. The van der Waals surface area contributed by atoms with Crippen LogP contribution in [0.4, 0.5) is 15.8 Å². The van der Waals surface area contributed by atoms with Crippen LogP contribution in [0.1, 0.15) is 17.3 Å². The normalized spacial score (nSPS) is 15.0. The van der Waals surface area contributed by atoms with E-state index in [4.69, 9.17) is 21.1 Å². The lowest BCUT2D eigenvalue weighted by Gasteiger charge is -2.28. The average Bonchev–Trinajstić information content (AvgIpc) is 2.69. The number of halogens is 2. The third-order valence-electron chi connectivity index (χ3n) is 4.32. The lowest BCUT2D eigenvalue weighted by molar-refractivity contribution is -0.123. The molecule has 1 aliphatic heterocycles. The van der Waals surface area contributed by atoms with Gasteiger partial charge in [0.15, 0.2) is 6.10 Å². The molecule has 28 heavy (non-hydrogen) atoms. The smallest absolute Gasteiger partial charge is 0.340 e. The van der Waals surface area contributed by atoms with Gasteiger partial charge in [0.1, 0.15) is 5.82 Å². The van der Waals surface area contributed by atoms with E-state index in [2.05, 4.69) is 10.2 Å². The van der Waals surface area contributed by atoms with E-state index in [1.807, 2.05) is 12.1 Å². The Morgan fingerprint density at radius 3 is 2.50 bits per heavy atom. The molecule has 2 aromatic rings. The number of anilines is 2. The first-order valence-corrected chi connectivity index (χ1v) is 9.21. The monoisotopic (exact) mass is 406 g/mol. The quantitative estimate of drug-likeness (QED) is 0.770. The Bertz CT molecular complexity index is 854. The molecule has 0 bridgehead atoms. The van der Waals surface area contributed by atoms with Gasteiger partial charge in [-0.25, -0.2) is 9.18 Å². The van der Waals surface area contributed by atoms with Crippen LogP contribution in [0, 0.1) is 5.82 Å². The topological polar surface area (TPSA) is 67.9 Å². The number of ether oxygens (including phenoxy) is 2. The molecule has 1 amide bonds. The minimum Gasteiger partial charge on any atom is -0.449 e. The highest BCUT2D eigenvalue weighted by atomic mass is 35.5. The van der Waals surface area contributed by atoms with Gasteiger partial charge in [0.2, 0.25) is 0 Å². The number of benzene rings is 2. The summed E-state index contributed by atoms with van der Waals surface area (Å²) in [5.41, 5.74) is 1.63. The Morgan fingerprint density at radius 2 is 1.86 bits per heavy atom. The first-order chi connectivity index (χ1) is 13.4. The summed E-state index contributed by atoms with van der Waals surface area (Å²) in [6.45, 7) is 4.49. The molecule has 1 saturated heterocycles. The van der Waals surface area contributed by atoms with Crippen molar-refractivity contribution < 1.29 is 23.5 Å². The van der Waals surface area contributed by atoms with Crippen molar-refractivity contribution >= 4 is 34.9 Å². The van der Waals surface area contributed by atoms with Gasteiger partial charge >= 0.3 is 5.97 Å². The van der Waals surface area contributed by atoms with Crippen molar-refractivity contribution in [1.82, 2.24) is 0 Å². The minimum absolute atomic E-state index is 0.00224. The molecule has 1 unspecified atom stereocenters. The van der Waals surface area contributed by atoms with E-state index in [1.54, 1.807) is 12.1 Å². The van der Waals surface area contributed by atoms with Gasteiger partial charge in [-0.15, -0.1) is 0 Å². The summed E-state index contributed by atoms with van der Waals surface area (Å²) in [6.07, 6.45) is -1.05. The summed E-state index contributed by atoms with van der Waals surface area (Å²) in [7, 11) is 0. The fourth-order valence-electron chi connectivity index (χ4n) is 2.75. The molecule has 1 aliphatic rings. The van der Waals surface area contributed by atoms with Crippen LogP contribution in [-0.4, -0.2) is 44.3 Å². The summed E-state index contributed by atoms with van der Waals surface area (Å²) in [5.74, 6) is -1.84. The van der Waals surface area contributed by atoms with E-state index in [1.165, 1.54) is 13.0 Å². The number of nitrogens with one attached hydrogen (secondary N) is 1. The van der Waals surface area contributed by atoms with Gasteiger partial charge in [0.25, 0.3) is 5.91 Å². The number of esters is 1. The third kappa shape index (κ3) is 4.99. The van der Waals surface area contributed by atoms with Gasteiger partial charge in [-0.1, -0.05) is 11.6 Å². The van der Waals surface area contributed by atoms with Crippen molar-refractivity contribution in [1.29, 1.82) is 0 Å². The van der Waals surface area contributed by atoms with Crippen LogP contribution in [-0.2, 0) is 14.3 Å². The Kier molecular flexibility index (Phi) is 6.49. The van der Waals surface area contributed by atoms with Crippen molar-refractivity contribution in [3.63, 3.8) is 0 Å². The summed E-state index contributed by atoms with van der Waals surface area (Å²) < 4.78 is 23.5. The molecule has 1 N–H and O–H groups in total. The Morgan fingerprint density at radius 1 is 1.18 bits per heavy atom. The Labute approximate surface area is 167 Å². The van der Waals surface area contributed by atoms with Crippen molar-refractivity contribution in [3.8, 4) is 0 Å². The van der Waals surface area contributed by atoms with E-state index < -0.39 is 23.8 Å². The predicted molar refractivity (Wildman–Crippen MR) is 104 cm³/mol. The molecule has 8 heteroatoms. The number of amides is 1. The lowest BCUT2D eigenvalue weighted by Crippen LogP contribution is -2.36. The predicted octanol–water partition coefficient (Wildman–Crippen LogP) is 3.50. The second-order valence-electron chi connectivity index (χ2n) is 6.31. The van der Waals surface area contributed by atoms with E-state index in [9.17, 15) is 14.0 Å². The molecule has 0 aliphatic carbocycles. The van der Waals surface area contributed by atoms with Gasteiger partial charge in [0.05, 0.1) is 23.8 Å². The van der Waals surface area contributed by atoms with E-state index >= 15 is 0 Å². The molecule has 0 aromatic heterocycles. The molecule has 1 atom stereocenters. The minimum atomic E-state index is -1.05. The Balaban J connectivity index is 1.56. The lowest BCUT2D eigenvalue weighted by atomic mass is 10.2. The second kappa shape index (κ2) is 9.03. The largest absolute Gasteiger partial charge is 0.449 e. The van der Waals surface area contributed by atoms with Crippen molar-refractivity contribution in [2.75, 3.05) is 36.5 Å². The van der Waals surface area contributed by atoms with Crippen LogP contribution in [0.2, 0.25) is 5.02 Å². The maximum atomic E-state index is 13.1. The SMILES string of the molecule is CC(OC(=O)c1ccc(F)cc1Cl)C(=O)Nc1ccc(N2CCOCC2)cc1. The van der Waals surface area contributed by atoms with E-state index in [-0.39, 0.29) is 10.6 Å². The van der Waals surface area contributed by atoms with Crippen LogP contribution in [0.25, 0.3) is 0 Å². The summed E-state index contributed by atoms with van der Waals surface area (Å²) in [5, 5.41) is 2.63. The number of carbonyl (C=O) groups excluding carboxylic acids is 2.